The van der Waals surface area contributed by atoms with Crippen molar-refractivity contribution in [3.05, 3.63) is 99.9 Å². The second-order valence-corrected chi connectivity index (χ2v) is 8.61. The van der Waals surface area contributed by atoms with Gasteiger partial charge >= 0.3 is 18.1 Å². The average Bonchev–Trinajstić information content (AvgIpc) is 2.86. The fourth-order valence-electron chi connectivity index (χ4n) is 3.43. The highest BCUT2D eigenvalue weighted by atomic mass is 19.4. The summed E-state index contributed by atoms with van der Waals surface area (Å²) in [5, 5.41) is 22.7. The van der Waals surface area contributed by atoms with E-state index in [4.69, 9.17) is 21.4 Å². The lowest BCUT2D eigenvalue weighted by Gasteiger charge is -2.12. The predicted molar refractivity (Wildman–Crippen MR) is 142 cm³/mol. The van der Waals surface area contributed by atoms with Crippen LogP contribution in [0.3, 0.4) is 0 Å². The number of amidine groups is 1. The van der Waals surface area contributed by atoms with E-state index in [2.05, 4.69) is 16.8 Å². The van der Waals surface area contributed by atoms with Crippen LogP contribution in [0.25, 0.3) is 0 Å². The van der Waals surface area contributed by atoms with Crippen molar-refractivity contribution >= 4 is 29.3 Å². The van der Waals surface area contributed by atoms with Gasteiger partial charge < -0.3 is 15.9 Å². The molecule has 0 aliphatic rings. The molecule has 2 aromatic carbocycles. The minimum absolute atomic E-state index is 0.218. The number of halogens is 3. The molecule has 212 valence electrons. The lowest BCUT2D eigenvalue weighted by molar-refractivity contribution is -0.147. The quantitative estimate of drug-likeness (QED) is 0.103. The van der Waals surface area contributed by atoms with Gasteiger partial charge in [-0.25, -0.2) is 0 Å². The molecule has 0 radical (unpaired) electrons. The van der Waals surface area contributed by atoms with E-state index in [-0.39, 0.29) is 30.0 Å². The molecule has 5 N–H and O–H groups in total. The third-order valence-corrected chi connectivity index (χ3v) is 5.10. The number of rotatable bonds is 8. The number of benzene rings is 2. The van der Waals surface area contributed by atoms with Crippen molar-refractivity contribution in [3.8, 4) is 11.8 Å². The molecule has 0 aliphatic carbocycles. The normalized spacial score (nSPS) is 10.3. The molecule has 0 saturated carbocycles. The Labute approximate surface area is 232 Å². The molecule has 0 atom stereocenters. The number of Topliss-reactive ketones (excluding diaryl/α,β-unsaturated/α-hetero) is 2. The number of carboxylic acid groups (broad SMARTS) is 2. The number of aromatic nitrogens is 1. The Hall–Kier alpha value is -5.31. The zero-order valence-corrected chi connectivity index (χ0v) is 21.6. The number of nitrogens with one attached hydrogen (secondary N) is 1. The molecule has 0 spiro atoms. The molecule has 12 heteroatoms. The Kier molecular flexibility index (Phi) is 11.0. The summed E-state index contributed by atoms with van der Waals surface area (Å²) < 4.78 is 40.6. The van der Waals surface area contributed by atoms with Crippen molar-refractivity contribution < 1.29 is 42.6 Å². The van der Waals surface area contributed by atoms with Crippen molar-refractivity contribution in [2.24, 2.45) is 5.73 Å². The standard InChI is InChI=1S/C26H20F3N3O2.C3H4O4/c1-16-10-18(12-19(11-16)23(33)15-25(30)31)6-5-17-7-8-22(26(27,28)29)21(13-17)24(34)14-20-4-2-3-9-32-20;4-2(5)1-3(6)7/h2-4,7-13H,14-15H2,1H3,(H3,30,31);1H2,(H,4,5)(H,6,7). The Morgan fingerprint density at radius 1 is 0.902 bits per heavy atom. The average molecular weight is 568 g/mol. The molecule has 0 amide bonds. The number of carbonyl (C=O) groups is 4. The molecular weight excluding hydrogens is 543 g/mol. The largest absolute Gasteiger partial charge is 0.481 e. The smallest absolute Gasteiger partial charge is 0.417 e. The highest BCUT2D eigenvalue weighted by Gasteiger charge is 2.35. The van der Waals surface area contributed by atoms with Crippen LogP contribution in [-0.2, 0) is 22.2 Å². The summed E-state index contributed by atoms with van der Waals surface area (Å²) >= 11 is 0. The molecule has 3 aromatic rings. The number of aryl methyl sites for hydroxylation is 1. The second-order valence-electron chi connectivity index (χ2n) is 8.61. The van der Waals surface area contributed by atoms with E-state index in [0.717, 1.165) is 17.7 Å². The minimum atomic E-state index is -4.70. The molecule has 0 saturated heterocycles. The lowest BCUT2D eigenvalue weighted by Crippen LogP contribution is -2.15. The highest BCUT2D eigenvalue weighted by molar-refractivity contribution is 6.08. The van der Waals surface area contributed by atoms with Gasteiger partial charge in [0.2, 0.25) is 0 Å². The lowest BCUT2D eigenvalue weighted by atomic mass is 9.97. The molecule has 3 rings (SSSR count). The number of ketones is 2. The number of hydrogen-bond acceptors (Lipinski definition) is 6. The monoisotopic (exact) mass is 567 g/mol. The summed E-state index contributed by atoms with van der Waals surface area (Å²) in [6, 6.07) is 12.9. The van der Waals surface area contributed by atoms with Crippen molar-refractivity contribution in [1.29, 1.82) is 5.41 Å². The number of hydrogen-bond donors (Lipinski definition) is 4. The molecule has 0 aliphatic heterocycles. The number of nitrogens with two attached hydrogens (primary N) is 1. The fourth-order valence-corrected chi connectivity index (χ4v) is 3.43. The molecule has 1 aromatic heterocycles. The third-order valence-electron chi connectivity index (χ3n) is 5.10. The Bertz CT molecular complexity index is 1530. The van der Waals surface area contributed by atoms with Crippen LogP contribution in [0.2, 0.25) is 0 Å². The first kappa shape index (κ1) is 31.9. The van der Waals surface area contributed by atoms with E-state index in [9.17, 15) is 32.3 Å². The number of alkyl halides is 3. The van der Waals surface area contributed by atoms with Gasteiger partial charge in [-0.3, -0.25) is 29.6 Å². The van der Waals surface area contributed by atoms with Gasteiger partial charge in [-0.1, -0.05) is 17.9 Å². The Balaban J connectivity index is 0.000000745. The van der Waals surface area contributed by atoms with Crippen LogP contribution in [0, 0.1) is 24.2 Å². The summed E-state index contributed by atoms with van der Waals surface area (Å²) in [6.45, 7) is 1.77. The summed E-state index contributed by atoms with van der Waals surface area (Å²) in [7, 11) is 0. The summed E-state index contributed by atoms with van der Waals surface area (Å²) in [4.78, 5) is 47.8. The van der Waals surface area contributed by atoms with Gasteiger partial charge in [-0.05, 0) is 61.0 Å². The van der Waals surface area contributed by atoms with E-state index < -0.39 is 41.4 Å². The maximum absolute atomic E-state index is 13.5. The topological polar surface area (TPSA) is 171 Å². The van der Waals surface area contributed by atoms with E-state index in [1.165, 1.54) is 18.3 Å². The molecule has 0 unspecified atom stereocenters. The molecular formula is C29H24F3N3O6. The Morgan fingerprint density at radius 2 is 1.56 bits per heavy atom. The van der Waals surface area contributed by atoms with Crippen LogP contribution in [0.5, 0.6) is 0 Å². The Morgan fingerprint density at radius 3 is 2.10 bits per heavy atom. The minimum Gasteiger partial charge on any atom is -0.481 e. The van der Waals surface area contributed by atoms with Crippen LogP contribution in [0.1, 0.15) is 61.5 Å². The van der Waals surface area contributed by atoms with E-state index in [0.29, 0.717) is 16.8 Å². The molecule has 1 heterocycles. The van der Waals surface area contributed by atoms with Crippen molar-refractivity contribution in [2.45, 2.75) is 32.4 Å². The molecule has 9 nitrogen and oxygen atoms in total. The maximum Gasteiger partial charge on any atom is 0.417 e. The van der Waals surface area contributed by atoms with Crippen LogP contribution >= 0.6 is 0 Å². The number of carbonyl (C=O) groups excluding carboxylic acids is 2. The van der Waals surface area contributed by atoms with Crippen molar-refractivity contribution in [3.63, 3.8) is 0 Å². The van der Waals surface area contributed by atoms with Gasteiger partial charge in [-0.15, -0.1) is 0 Å². The number of carboxylic acids is 2. The number of nitrogens with zero attached hydrogens (tertiary/aromatic N) is 1. The van der Waals surface area contributed by atoms with E-state index in [1.807, 2.05) is 0 Å². The number of pyridine rings is 1. The van der Waals surface area contributed by atoms with Crippen LogP contribution in [0.4, 0.5) is 13.2 Å². The predicted octanol–water partition coefficient (Wildman–Crippen LogP) is 4.29. The van der Waals surface area contributed by atoms with E-state index in [1.54, 1.807) is 37.3 Å². The SMILES string of the molecule is Cc1cc(C#Cc2ccc(C(F)(F)F)c(C(=O)Cc3ccccn3)c2)cc(C(=O)CC(=N)N)c1.O=C(O)CC(=O)O. The zero-order chi connectivity index (χ0) is 30.7. The van der Waals surface area contributed by atoms with Gasteiger partial charge in [-0.2, -0.15) is 13.2 Å². The van der Waals surface area contributed by atoms with Crippen LogP contribution in [0.15, 0.2) is 60.8 Å². The first-order chi connectivity index (χ1) is 19.1. The van der Waals surface area contributed by atoms with Gasteiger partial charge in [0.05, 0.1) is 24.2 Å². The van der Waals surface area contributed by atoms with Crippen LogP contribution < -0.4 is 5.73 Å². The summed E-state index contributed by atoms with van der Waals surface area (Å²) in [5.41, 5.74) is 5.90. The first-order valence-corrected chi connectivity index (χ1v) is 11.7. The number of aliphatic carboxylic acids is 2. The highest BCUT2D eigenvalue weighted by Crippen LogP contribution is 2.33. The first-order valence-electron chi connectivity index (χ1n) is 11.7. The maximum atomic E-state index is 13.5. The van der Waals surface area contributed by atoms with Crippen LogP contribution in [-0.4, -0.2) is 44.5 Å². The fraction of sp³-hybridized carbons (Fsp3) is 0.172. The van der Waals surface area contributed by atoms with E-state index >= 15 is 0 Å². The van der Waals surface area contributed by atoms with Gasteiger partial charge in [0.1, 0.15) is 6.42 Å². The van der Waals surface area contributed by atoms with Crippen molar-refractivity contribution in [1.82, 2.24) is 4.98 Å². The molecule has 41 heavy (non-hydrogen) atoms. The molecule has 0 fully saturated rings. The summed E-state index contributed by atoms with van der Waals surface area (Å²) in [5.74, 6) is 1.66. The van der Waals surface area contributed by atoms with Gasteiger partial charge in [0, 0.05) is 34.1 Å². The zero-order valence-electron chi connectivity index (χ0n) is 21.6. The third kappa shape index (κ3) is 10.8. The van der Waals surface area contributed by atoms with Gasteiger partial charge in [0.15, 0.2) is 11.6 Å². The molecule has 0 bridgehead atoms. The summed E-state index contributed by atoms with van der Waals surface area (Å²) in [6.07, 6.45) is -4.55. The van der Waals surface area contributed by atoms with Gasteiger partial charge in [0.25, 0.3) is 0 Å². The second kappa shape index (κ2) is 14.2. The van der Waals surface area contributed by atoms with Crippen molar-refractivity contribution in [2.75, 3.05) is 0 Å².